The summed E-state index contributed by atoms with van der Waals surface area (Å²) in [7, 11) is 3.09. The second-order valence-electron chi connectivity index (χ2n) is 7.26. The SMILES string of the molecule is CN=C(NCc1cc(C(=O)OC)c(C)o1)NC(C)c1cccc(N2CCCC2)c1. The Morgan fingerprint density at radius 2 is 2.07 bits per heavy atom. The monoisotopic (exact) mass is 398 g/mol. The highest BCUT2D eigenvalue weighted by atomic mass is 16.5. The van der Waals surface area contributed by atoms with Crippen LogP contribution in [0.2, 0.25) is 0 Å². The second-order valence-corrected chi connectivity index (χ2v) is 7.26. The number of esters is 1. The highest BCUT2D eigenvalue weighted by Crippen LogP contribution is 2.24. The molecule has 1 aliphatic heterocycles. The van der Waals surface area contributed by atoms with Gasteiger partial charge in [0, 0.05) is 25.8 Å². The number of methoxy groups -OCH3 is 1. The fraction of sp³-hybridized carbons (Fsp3) is 0.455. The number of guanidine groups is 1. The maximum atomic E-state index is 11.7. The number of furan rings is 1. The van der Waals surface area contributed by atoms with Crippen LogP contribution in [0.1, 0.15) is 53.2 Å². The number of carbonyl (C=O) groups is 1. The van der Waals surface area contributed by atoms with Gasteiger partial charge in [-0.1, -0.05) is 12.1 Å². The standard InChI is InChI=1S/C22H30N4O3/c1-15(17-8-7-9-18(12-17)26-10-5-6-11-26)25-22(23-3)24-14-19-13-20(16(2)29-19)21(27)28-4/h7-9,12-13,15H,5-6,10-11,14H2,1-4H3,(H2,23,24,25). The first-order valence-electron chi connectivity index (χ1n) is 10.0. The normalized spacial score (nSPS) is 15.3. The van der Waals surface area contributed by atoms with Crippen molar-refractivity contribution >= 4 is 17.6 Å². The molecule has 156 valence electrons. The molecule has 0 bridgehead atoms. The maximum Gasteiger partial charge on any atom is 0.341 e. The van der Waals surface area contributed by atoms with E-state index < -0.39 is 5.97 Å². The Hall–Kier alpha value is -2.96. The Morgan fingerprint density at radius 1 is 1.31 bits per heavy atom. The first kappa shape index (κ1) is 20.8. The second kappa shape index (κ2) is 9.49. The van der Waals surface area contributed by atoms with Crippen molar-refractivity contribution in [3.63, 3.8) is 0 Å². The molecule has 1 atom stereocenters. The lowest BCUT2D eigenvalue weighted by Gasteiger charge is -2.22. The van der Waals surface area contributed by atoms with Crippen LogP contribution in [-0.2, 0) is 11.3 Å². The van der Waals surface area contributed by atoms with E-state index in [1.54, 1.807) is 20.0 Å². The van der Waals surface area contributed by atoms with E-state index in [2.05, 4.69) is 51.7 Å². The summed E-state index contributed by atoms with van der Waals surface area (Å²) in [6.07, 6.45) is 2.52. The van der Waals surface area contributed by atoms with Gasteiger partial charge >= 0.3 is 5.97 Å². The predicted octanol–water partition coefficient (Wildman–Crippen LogP) is 3.40. The molecule has 2 heterocycles. The van der Waals surface area contributed by atoms with Gasteiger partial charge in [-0.25, -0.2) is 4.79 Å². The number of rotatable bonds is 6. The molecule has 7 nitrogen and oxygen atoms in total. The molecular formula is C22H30N4O3. The quantitative estimate of drug-likeness (QED) is 0.441. The van der Waals surface area contributed by atoms with E-state index in [4.69, 9.17) is 9.15 Å². The van der Waals surface area contributed by atoms with E-state index in [-0.39, 0.29) is 6.04 Å². The Morgan fingerprint density at radius 3 is 2.76 bits per heavy atom. The molecule has 0 amide bonds. The van der Waals surface area contributed by atoms with Crippen molar-refractivity contribution in [3.8, 4) is 0 Å². The molecular weight excluding hydrogens is 368 g/mol. The molecule has 0 spiro atoms. The summed E-state index contributed by atoms with van der Waals surface area (Å²) in [6, 6.07) is 10.4. The van der Waals surface area contributed by atoms with Crippen molar-refractivity contribution < 1.29 is 13.9 Å². The molecule has 1 aromatic heterocycles. The third kappa shape index (κ3) is 5.10. The summed E-state index contributed by atoms with van der Waals surface area (Å²) in [5.41, 5.74) is 2.93. The minimum atomic E-state index is -0.397. The van der Waals surface area contributed by atoms with Gasteiger partial charge in [-0.15, -0.1) is 0 Å². The molecule has 1 aliphatic rings. The number of anilines is 1. The zero-order valence-electron chi connectivity index (χ0n) is 17.6. The molecule has 0 aliphatic carbocycles. The number of nitrogens with zero attached hydrogens (tertiary/aromatic N) is 2. The molecule has 1 fully saturated rings. The summed E-state index contributed by atoms with van der Waals surface area (Å²) in [5, 5.41) is 6.65. The fourth-order valence-electron chi connectivity index (χ4n) is 3.56. The number of nitrogens with one attached hydrogen (secondary N) is 2. The maximum absolute atomic E-state index is 11.7. The molecule has 29 heavy (non-hydrogen) atoms. The smallest absolute Gasteiger partial charge is 0.341 e. The number of ether oxygens (including phenoxy) is 1. The van der Waals surface area contributed by atoms with Crippen molar-refractivity contribution in [3.05, 3.63) is 53.0 Å². The Bertz CT molecular complexity index is 869. The first-order valence-corrected chi connectivity index (χ1v) is 10.0. The Labute approximate surface area is 172 Å². The lowest BCUT2D eigenvalue weighted by Crippen LogP contribution is -2.38. The largest absolute Gasteiger partial charge is 0.465 e. The third-order valence-electron chi connectivity index (χ3n) is 5.22. The molecule has 1 aromatic carbocycles. The van der Waals surface area contributed by atoms with Gasteiger partial charge in [0.05, 0.1) is 19.7 Å². The minimum absolute atomic E-state index is 0.0905. The van der Waals surface area contributed by atoms with Crippen LogP contribution >= 0.6 is 0 Å². The van der Waals surface area contributed by atoms with Gasteiger partial charge in [0.1, 0.15) is 17.1 Å². The number of hydrogen-bond donors (Lipinski definition) is 2. The zero-order valence-corrected chi connectivity index (χ0v) is 17.6. The van der Waals surface area contributed by atoms with E-state index >= 15 is 0 Å². The average molecular weight is 399 g/mol. The minimum Gasteiger partial charge on any atom is -0.465 e. The molecule has 0 radical (unpaired) electrons. The van der Waals surface area contributed by atoms with Crippen LogP contribution in [0.25, 0.3) is 0 Å². The van der Waals surface area contributed by atoms with Gasteiger partial charge in [-0.05, 0) is 50.5 Å². The molecule has 0 saturated carbocycles. The van der Waals surface area contributed by atoms with Crippen molar-refractivity contribution in [1.29, 1.82) is 0 Å². The van der Waals surface area contributed by atoms with E-state index in [0.717, 1.165) is 13.1 Å². The molecule has 2 N–H and O–H groups in total. The summed E-state index contributed by atoms with van der Waals surface area (Å²) in [5.74, 6) is 1.46. The van der Waals surface area contributed by atoms with Crippen LogP contribution in [0, 0.1) is 6.92 Å². The summed E-state index contributed by atoms with van der Waals surface area (Å²) in [6.45, 7) is 6.54. The van der Waals surface area contributed by atoms with Crippen LogP contribution < -0.4 is 15.5 Å². The number of aryl methyl sites for hydroxylation is 1. The summed E-state index contributed by atoms with van der Waals surface area (Å²) in [4.78, 5) is 18.5. The average Bonchev–Trinajstić information content (AvgIpc) is 3.40. The van der Waals surface area contributed by atoms with Crippen LogP contribution in [0.5, 0.6) is 0 Å². The number of aliphatic imine (C=N–C) groups is 1. The molecule has 1 saturated heterocycles. The lowest BCUT2D eigenvalue weighted by molar-refractivity contribution is 0.0599. The molecule has 7 heteroatoms. The van der Waals surface area contributed by atoms with Crippen LogP contribution in [0.15, 0.2) is 39.7 Å². The predicted molar refractivity (Wildman–Crippen MR) is 114 cm³/mol. The van der Waals surface area contributed by atoms with E-state index in [9.17, 15) is 4.79 Å². The van der Waals surface area contributed by atoms with Crippen LogP contribution in [-0.4, -0.2) is 39.2 Å². The zero-order chi connectivity index (χ0) is 20.8. The van der Waals surface area contributed by atoms with Crippen molar-refractivity contribution in [2.24, 2.45) is 4.99 Å². The molecule has 2 aromatic rings. The Balaban J connectivity index is 1.60. The van der Waals surface area contributed by atoms with E-state index in [1.165, 1.54) is 31.2 Å². The molecule has 1 unspecified atom stereocenters. The van der Waals surface area contributed by atoms with Gasteiger partial charge in [-0.2, -0.15) is 0 Å². The van der Waals surface area contributed by atoms with Gasteiger partial charge < -0.3 is 24.7 Å². The van der Waals surface area contributed by atoms with Crippen LogP contribution in [0.3, 0.4) is 0 Å². The van der Waals surface area contributed by atoms with E-state index in [1.807, 2.05) is 0 Å². The fourth-order valence-corrected chi connectivity index (χ4v) is 3.56. The van der Waals surface area contributed by atoms with Crippen molar-refractivity contribution in [2.75, 3.05) is 32.1 Å². The Kier molecular flexibility index (Phi) is 6.80. The van der Waals surface area contributed by atoms with Gasteiger partial charge in [-0.3, -0.25) is 4.99 Å². The topological polar surface area (TPSA) is 79.1 Å². The third-order valence-corrected chi connectivity index (χ3v) is 5.22. The van der Waals surface area contributed by atoms with Crippen molar-refractivity contribution in [2.45, 2.75) is 39.3 Å². The number of benzene rings is 1. The summed E-state index contributed by atoms with van der Waals surface area (Å²) < 4.78 is 10.4. The lowest BCUT2D eigenvalue weighted by atomic mass is 10.1. The van der Waals surface area contributed by atoms with Crippen LogP contribution in [0.4, 0.5) is 5.69 Å². The van der Waals surface area contributed by atoms with E-state index in [0.29, 0.717) is 29.6 Å². The van der Waals surface area contributed by atoms with Crippen molar-refractivity contribution in [1.82, 2.24) is 10.6 Å². The van der Waals surface area contributed by atoms with Gasteiger partial charge in [0.15, 0.2) is 5.96 Å². The van der Waals surface area contributed by atoms with Gasteiger partial charge in [0.25, 0.3) is 0 Å². The number of carbonyl (C=O) groups excluding carboxylic acids is 1. The molecule has 3 rings (SSSR count). The number of hydrogen-bond acceptors (Lipinski definition) is 5. The highest BCUT2D eigenvalue weighted by Gasteiger charge is 2.17. The van der Waals surface area contributed by atoms with Gasteiger partial charge in [0.2, 0.25) is 0 Å². The highest BCUT2D eigenvalue weighted by molar-refractivity contribution is 5.90. The summed E-state index contributed by atoms with van der Waals surface area (Å²) >= 11 is 0. The first-order chi connectivity index (χ1) is 14.0.